The lowest BCUT2D eigenvalue weighted by atomic mass is 9.93. The second-order valence-corrected chi connectivity index (χ2v) is 6.73. The zero-order chi connectivity index (χ0) is 17.1. The molecule has 7 nitrogen and oxygen atoms in total. The first kappa shape index (κ1) is 16.7. The number of nitro benzene ring substituents is 1. The molecular weight excluding hydrogens is 308 g/mol. The van der Waals surface area contributed by atoms with Crippen molar-refractivity contribution < 1.29 is 9.72 Å². The Morgan fingerprint density at radius 1 is 1.29 bits per heavy atom. The molecule has 0 saturated carbocycles. The van der Waals surface area contributed by atoms with Gasteiger partial charge in [-0.25, -0.2) is 0 Å². The van der Waals surface area contributed by atoms with Crippen LogP contribution in [0.1, 0.15) is 19.8 Å². The van der Waals surface area contributed by atoms with E-state index in [0.717, 1.165) is 25.1 Å². The highest BCUT2D eigenvalue weighted by molar-refractivity contribution is 5.82. The molecule has 2 unspecified atom stereocenters. The molecule has 1 aromatic carbocycles. The summed E-state index contributed by atoms with van der Waals surface area (Å²) in [4.78, 5) is 27.2. The third-order valence-corrected chi connectivity index (χ3v) is 4.96. The molecular formula is C17H24N4O3. The van der Waals surface area contributed by atoms with Crippen LogP contribution in [-0.4, -0.2) is 54.5 Å². The fourth-order valence-corrected chi connectivity index (χ4v) is 3.50. The first-order valence-electron chi connectivity index (χ1n) is 8.56. The van der Waals surface area contributed by atoms with Gasteiger partial charge in [0, 0.05) is 44.0 Å². The van der Waals surface area contributed by atoms with Crippen LogP contribution in [0, 0.1) is 16.0 Å². The molecule has 2 heterocycles. The number of hydrogen-bond acceptors (Lipinski definition) is 5. The van der Waals surface area contributed by atoms with Crippen LogP contribution in [0.3, 0.4) is 0 Å². The van der Waals surface area contributed by atoms with Gasteiger partial charge in [0.2, 0.25) is 5.91 Å². The lowest BCUT2D eigenvalue weighted by Crippen LogP contribution is -2.55. The Bertz CT molecular complexity index is 614. The number of carbonyl (C=O) groups is 1. The maximum Gasteiger partial charge on any atom is 0.271 e. The van der Waals surface area contributed by atoms with Gasteiger partial charge in [-0.15, -0.1) is 0 Å². The number of anilines is 1. The third kappa shape index (κ3) is 3.67. The zero-order valence-corrected chi connectivity index (χ0v) is 14.0. The molecule has 7 heteroatoms. The molecule has 2 aliphatic rings. The minimum Gasteiger partial charge on any atom is -0.368 e. The molecule has 1 N–H and O–H groups in total. The van der Waals surface area contributed by atoms with E-state index >= 15 is 0 Å². The number of carbonyl (C=O) groups excluding carboxylic acids is 1. The fourth-order valence-electron chi connectivity index (χ4n) is 3.50. The average Bonchev–Trinajstić information content (AvgIpc) is 2.61. The molecule has 130 valence electrons. The molecule has 0 aromatic heterocycles. The minimum absolute atomic E-state index is 0.0573. The van der Waals surface area contributed by atoms with Crippen molar-refractivity contribution in [3.63, 3.8) is 0 Å². The molecule has 0 aliphatic carbocycles. The van der Waals surface area contributed by atoms with Crippen molar-refractivity contribution in [1.29, 1.82) is 0 Å². The van der Waals surface area contributed by atoms with Gasteiger partial charge in [0.05, 0.1) is 11.0 Å². The molecule has 1 aromatic rings. The van der Waals surface area contributed by atoms with Crippen LogP contribution in [0.15, 0.2) is 24.3 Å². The molecule has 3 rings (SSSR count). The van der Waals surface area contributed by atoms with Crippen LogP contribution >= 0.6 is 0 Å². The van der Waals surface area contributed by atoms with Crippen molar-refractivity contribution in [3.05, 3.63) is 34.4 Å². The van der Waals surface area contributed by atoms with Crippen molar-refractivity contribution in [2.45, 2.75) is 25.8 Å². The maximum atomic E-state index is 12.6. The van der Waals surface area contributed by atoms with Gasteiger partial charge < -0.3 is 15.1 Å². The fraction of sp³-hybridized carbons (Fsp3) is 0.588. The summed E-state index contributed by atoms with van der Waals surface area (Å²) in [6.45, 7) is 5.83. The highest BCUT2D eigenvalue weighted by atomic mass is 16.6. The molecule has 0 radical (unpaired) electrons. The number of hydrogen-bond donors (Lipinski definition) is 1. The van der Waals surface area contributed by atoms with Crippen LogP contribution in [0.5, 0.6) is 0 Å². The molecule has 1 amide bonds. The monoisotopic (exact) mass is 332 g/mol. The predicted octanol–water partition coefficient (Wildman–Crippen LogP) is 1.63. The minimum atomic E-state index is -0.376. The van der Waals surface area contributed by atoms with E-state index in [4.69, 9.17) is 0 Å². The number of piperidine rings is 1. The number of rotatable bonds is 3. The van der Waals surface area contributed by atoms with Gasteiger partial charge in [0.15, 0.2) is 0 Å². The van der Waals surface area contributed by atoms with Gasteiger partial charge in [-0.1, -0.05) is 13.0 Å². The van der Waals surface area contributed by atoms with E-state index in [-0.39, 0.29) is 22.6 Å². The van der Waals surface area contributed by atoms with Gasteiger partial charge in [-0.3, -0.25) is 14.9 Å². The van der Waals surface area contributed by atoms with Crippen LogP contribution in [0.25, 0.3) is 0 Å². The Kier molecular flexibility index (Phi) is 4.99. The number of nitro groups is 1. The van der Waals surface area contributed by atoms with Crippen molar-refractivity contribution >= 4 is 17.3 Å². The third-order valence-electron chi connectivity index (χ3n) is 4.96. The summed E-state index contributed by atoms with van der Waals surface area (Å²) in [5.41, 5.74) is 0.951. The SMILES string of the molecule is CC1CCNC(C(=O)N2CCN(c3cccc([N+](=O)[O-])c3)CC2)C1. The van der Waals surface area contributed by atoms with Crippen LogP contribution < -0.4 is 10.2 Å². The number of nitrogens with zero attached hydrogens (tertiary/aromatic N) is 3. The highest BCUT2D eigenvalue weighted by Crippen LogP contribution is 2.23. The molecule has 2 aliphatic heterocycles. The van der Waals surface area contributed by atoms with Gasteiger partial charge in [-0.2, -0.15) is 0 Å². The zero-order valence-electron chi connectivity index (χ0n) is 14.0. The van der Waals surface area contributed by atoms with E-state index in [0.29, 0.717) is 32.1 Å². The Morgan fingerprint density at radius 2 is 2.04 bits per heavy atom. The second-order valence-electron chi connectivity index (χ2n) is 6.73. The van der Waals surface area contributed by atoms with Crippen molar-refractivity contribution in [3.8, 4) is 0 Å². The lowest BCUT2D eigenvalue weighted by molar-refractivity contribution is -0.384. The van der Waals surface area contributed by atoms with E-state index in [9.17, 15) is 14.9 Å². The number of nitrogens with one attached hydrogen (secondary N) is 1. The van der Waals surface area contributed by atoms with Crippen molar-refractivity contribution in [2.75, 3.05) is 37.6 Å². The Morgan fingerprint density at radius 3 is 2.71 bits per heavy atom. The Hall–Kier alpha value is -2.15. The van der Waals surface area contributed by atoms with E-state index in [1.165, 1.54) is 6.07 Å². The number of amides is 1. The van der Waals surface area contributed by atoms with Gasteiger partial charge in [0.25, 0.3) is 5.69 Å². The van der Waals surface area contributed by atoms with Crippen LogP contribution in [-0.2, 0) is 4.79 Å². The smallest absolute Gasteiger partial charge is 0.271 e. The lowest BCUT2D eigenvalue weighted by Gasteiger charge is -2.39. The van der Waals surface area contributed by atoms with Crippen molar-refractivity contribution in [1.82, 2.24) is 10.2 Å². The maximum absolute atomic E-state index is 12.6. The molecule has 2 fully saturated rings. The number of piperazine rings is 1. The predicted molar refractivity (Wildman–Crippen MR) is 92.1 cm³/mol. The normalized spacial score (nSPS) is 24.7. The molecule has 24 heavy (non-hydrogen) atoms. The summed E-state index contributed by atoms with van der Waals surface area (Å²) in [6, 6.07) is 6.63. The number of benzene rings is 1. The van der Waals surface area contributed by atoms with E-state index in [1.54, 1.807) is 12.1 Å². The number of non-ortho nitro benzene ring substituents is 1. The van der Waals surface area contributed by atoms with Gasteiger partial charge >= 0.3 is 0 Å². The Labute approximate surface area is 141 Å². The molecule has 0 bridgehead atoms. The summed E-state index contributed by atoms with van der Waals surface area (Å²) < 4.78 is 0. The quantitative estimate of drug-likeness (QED) is 0.672. The molecule has 2 saturated heterocycles. The summed E-state index contributed by atoms with van der Waals surface area (Å²) in [5.74, 6) is 0.784. The van der Waals surface area contributed by atoms with Crippen LogP contribution in [0.2, 0.25) is 0 Å². The first-order valence-corrected chi connectivity index (χ1v) is 8.56. The summed E-state index contributed by atoms with van der Waals surface area (Å²) in [5, 5.41) is 14.2. The van der Waals surface area contributed by atoms with E-state index in [1.807, 2.05) is 11.0 Å². The summed E-state index contributed by atoms with van der Waals surface area (Å²) in [7, 11) is 0. The van der Waals surface area contributed by atoms with Gasteiger partial charge in [-0.05, 0) is 31.4 Å². The Balaban J connectivity index is 1.58. The summed E-state index contributed by atoms with van der Waals surface area (Å²) >= 11 is 0. The average molecular weight is 332 g/mol. The standard InChI is InChI=1S/C17H24N4O3/c1-13-5-6-18-16(11-13)17(22)20-9-7-19(8-10-20)14-3-2-4-15(12-14)21(23)24/h2-4,12-13,16,18H,5-11H2,1H3. The van der Waals surface area contributed by atoms with Crippen molar-refractivity contribution in [2.24, 2.45) is 5.92 Å². The summed E-state index contributed by atoms with van der Waals surface area (Å²) in [6.07, 6.45) is 2.04. The molecule has 0 spiro atoms. The highest BCUT2D eigenvalue weighted by Gasteiger charge is 2.30. The second kappa shape index (κ2) is 7.17. The van der Waals surface area contributed by atoms with Crippen LogP contribution in [0.4, 0.5) is 11.4 Å². The molecule has 2 atom stereocenters. The van der Waals surface area contributed by atoms with E-state index in [2.05, 4.69) is 17.1 Å². The topological polar surface area (TPSA) is 78.7 Å². The van der Waals surface area contributed by atoms with E-state index < -0.39 is 0 Å². The largest absolute Gasteiger partial charge is 0.368 e. The first-order chi connectivity index (χ1) is 11.5. The van der Waals surface area contributed by atoms with Gasteiger partial charge in [0.1, 0.15) is 0 Å².